The number of nitrogens with one attached hydrogen (secondary N) is 3. The van der Waals surface area contributed by atoms with Crippen molar-refractivity contribution in [1.29, 1.82) is 0 Å². The number of aliphatic hydroxyl groups is 1. The number of anilines is 4. The molecule has 4 amide bonds. The molecule has 0 spiro atoms. The van der Waals surface area contributed by atoms with Crippen LogP contribution in [0.1, 0.15) is 11.1 Å². The average Bonchev–Trinajstić information content (AvgIpc) is 2.90. The smallest absolute Gasteiger partial charge is 0.323 e. The second kappa shape index (κ2) is 11.9. The van der Waals surface area contributed by atoms with Crippen molar-refractivity contribution in [1.82, 2.24) is 4.90 Å². The number of ether oxygens (including phenoxy) is 1. The fourth-order valence-corrected chi connectivity index (χ4v) is 4.40. The number of carbonyl (C=O) groups is 2. The van der Waals surface area contributed by atoms with Crippen LogP contribution in [0.5, 0.6) is 5.75 Å². The third kappa shape index (κ3) is 6.44. The van der Waals surface area contributed by atoms with Crippen molar-refractivity contribution in [3.8, 4) is 5.75 Å². The largest absolute Gasteiger partial charge is 0.495 e. The highest BCUT2D eigenvalue weighted by Gasteiger charge is 2.22. The van der Waals surface area contributed by atoms with Gasteiger partial charge in [0.15, 0.2) is 0 Å². The van der Waals surface area contributed by atoms with Crippen LogP contribution in [-0.2, 0) is 6.61 Å². The van der Waals surface area contributed by atoms with Crippen LogP contribution in [0, 0.1) is 6.92 Å². The predicted molar refractivity (Wildman–Crippen MR) is 147 cm³/mol. The monoisotopic (exact) mass is 523 g/mol. The SMILES string of the molecule is COc1ccc(C)cc1NC(=O)Nc1ccc(N2CCN(C(=O)Nc3c(Cl)cccc3CO)CC2)cc1. The van der Waals surface area contributed by atoms with Crippen molar-refractivity contribution in [2.45, 2.75) is 13.5 Å². The number of piperazine rings is 1. The Balaban J connectivity index is 1.30. The summed E-state index contributed by atoms with van der Waals surface area (Å²) >= 11 is 6.21. The van der Waals surface area contributed by atoms with Gasteiger partial charge in [0.25, 0.3) is 0 Å². The van der Waals surface area contributed by atoms with Crippen molar-refractivity contribution >= 4 is 46.4 Å². The van der Waals surface area contributed by atoms with Gasteiger partial charge in [-0.3, -0.25) is 0 Å². The Hall–Kier alpha value is -3.95. The van der Waals surface area contributed by atoms with Gasteiger partial charge in [-0.15, -0.1) is 0 Å². The van der Waals surface area contributed by atoms with Gasteiger partial charge < -0.3 is 35.6 Å². The van der Waals surface area contributed by atoms with Gasteiger partial charge >= 0.3 is 12.1 Å². The van der Waals surface area contributed by atoms with E-state index in [0.717, 1.165) is 11.3 Å². The number of para-hydroxylation sites is 1. The number of methoxy groups -OCH3 is 1. The molecule has 0 atom stereocenters. The van der Waals surface area contributed by atoms with Crippen molar-refractivity contribution in [2.24, 2.45) is 0 Å². The molecule has 1 aliphatic rings. The van der Waals surface area contributed by atoms with E-state index in [4.69, 9.17) is 16.3 Å². The predicted octanol–water partition coefficient (Wildman–Crippen LogP) is 5.15. The Bertz CT molecular complexity index is 1260. The van der Waals surface area contributed by atoms with Gasteiger partial charge in [-0.1, -0.05) is 29.8 Å². The lowest BCUT2D eigenvalue weighted by Gasteiger charge is -2.36. The third-order valence-corrected chi connectivity index (χ3v) is 6.48. The maximum Gasteiger partial charge on any atom is 0.323 e. The molecule has 0 bridgehead atoms. The number of rotatable bonds is 6. The highest BCUT2D eigenvalue weighted by molar-refractivity contribution is 6.33. The molecule has 0 saturated carbocycles. The Labute approximate surface area is 221 Å². The van der Waals surface area contributed by atoms with E-state index in [1.54, 1.807) is 30.2 Å². The van der Waals surface area contributed by atoms with Crippen molar-refractivity contribution in [2.75, 3.05) is 54.1 Å². The number of benzene rings is 3. The lowest BCUT2D eigenvalue weighted by molar-refractivity contribution is 0.208. The normalized spacial score (nSPS) is 13.2. The zero-order valence-electron chi connectivity index (χ0n) is 20.8. The fourth-order valence-electron chi connectivity index (χ4n) is 4.15. The van der Waals surface area contributed by atoms with Gasteiger partial charge in [0, 0.05) is 43.1 Å². The molecule has 194 valence electrons. The summed E-state index contributed by atoms with van der Waals surface area (Å²) in [5, 5.41) is 18.4. The van der Waals surface area contributed by atoms with Gasteiger partial charge in [-0.2, -0.15) is 0 Å². The lowest BCUT2D eigenvalue weighted by atomic mass is 10.2. The molecule has 0 radical (unpaired) electrons. The zero-order chi connectivity index (χ0) is 26.4. The molecule has 3 aromatic carbocycles. The molecular weight excluding hydrogens is 494 g/mol. The highest BCUT2D eigenvalue weighted by Crippen LogP contribution is 2.28. The van der Waals surface area contributed by atoms with Crippen LogP contribution in [-0.4, -0.2) is 55.4 Å². The van der Waals surface area contributed by atoms with Crippen molar-refractivity contribution in [3.05, 3.63) is 76.8 Å². The maximum atomic E-state index is 12.8. The molecule has 9 nitrogen and oxygen atoms in total. The number of halogens is 1. The quantitative estimate of drug-likeness (QED) is 0.357. The van der Waals surface area contributed by atoms with E-state index in [1.165, 1.54) is 0 Å². The molecule has 1 aliphatic heterocycles. The first-order valence-electron chi connectivity index (χ1n) is 11.9. The van der Waals surface area contributed by atoms with Gasteiger partial charge in [0.1, 0.15) is 5.75 Å². The molecule has 4 N–H and O–H groups in total. The number of nitrogens with zero attached hydrogens (tertiary/aromatic N) is 2. The molecule has 3 aromatic rings. The summed E-state index contributed by atoms with van der Waals surface area (Å²) < 4.78 is 5.31. The van der Waals surface area contributed by atoms with Crippen LogP contribution in [0.2, 0.25) is 5.02 Å². The van der Waals surface area contributed by atoms with E-state index in [9.17, 15) is 14.7 Å². The number of hydrogen-bond donors (Lipinski definition) is 4. The van der Waals surface area contributed by atoms with Crippen LogP contribution < -0.4 is 25.6 Å². The number of hydrogen-bond acceptors (Lipinski definition) is 5. The standard InChI is InChI=1S/C27H30ClN5O4/c1-18-6-11-24(37-2)23(16-18)30-26(35)29-20-7-9-21(10-8-20)32-12-14-33(15-13-32)27(36)31-25-19(17-34)4-3-5-22(25)28/h3-11,16,34H,12-15,17H2,1-2H3,(H,31,36)(H2,29,30,35). The Morgan fingerprint density at radius 1 is 0.973 bits per heavy atom. The van der Waals surface area contributed by atoms with E-state index in [-0.39, 0.29) is 18.7 Å². The number of urea groups is 2. The average molecular weight is 524 g/mol. The lowest BCUT2D eigenvalue weighted by Crippen LogP contribution is -2.50. The summed E-state index contributed by atoms with van der Waals surface area (Å²) in [4.78, 5) is 29.2. The summed E-state index contributed by atoms with van der Waals surface area (Å²) in [6.07, 6.45) is 0. The van der Waals surface area contributed by atoms with E-state index >= 15 is 0 Å². The molecule has 1 fully saturated rings. The topological polar surface area (TPSA) is 106 Å². The second-order valence-corrected chi connectivity index (χ2v) is 9.07. The molecule has 1 heterocycles. The molecule has 37 heavy (non-hydrogen) atoms. The minimum atomic E-state index is -0.362. The van der Waals surface area contributed by atoms with Crippen LogP contribution in [0.25, 0.3) is 0 Å². The van der Waals surface area contributed by atoms with Crippen molar-refractivity contribution < 1.29 is 19.4 Å². The molecule has 4 rings (SSSR count). The van der Waals surface area contributed by atoms with Crippen LogP contribution in [0.3, 0.4) is 0 Å². The Morgan fingerprint density at radius 2 is 1.70 bits per heavy atom. The fraction of sp³-hybridized carbons (Fsp3) is 0.259. The second-order valence-electron chi connectivity index (χ2n) is 8.67. The minimum Gasteiger partial charge on any atom is -0.495 e. The molecule has 0 unspecified atom stereocenters. The number of amides is 4. The van der Waals surface area contributed by atoms with E-state index < -0.39 is 0 Å². The van der Waals surface area contributed by atoms with Gasteiger partial charge in [-0.05, 0) is 55.0 Å². The summed E-state index contributed by atoms with van der Waals surface area (Å²) in [5.41, 5.74) is 4.27. The number of carbonyl (C=O) groups excluding carboxylic acids is 2. The van der Waals surface area contributed by atoms with Crippen molar-refractivity contribution in [3.63, 3.8) is 0 Å². The van der Waals surface area contributed by atoms with Crippen LogP contribution in [0.15, 0.2) is 60.7 Å². The maximum absolute atomic E-state index is 12.8. The highest BCUT2D eigenvalue weighted by atomic mass is 35.5. The Morgan fingerprint density at radius 3 is 2.38 bits per heavy atom. The number of aryl methyl sites for hydroxylation is 1. The zero-order valence-corrected chi connectivity index (χ0v) is 21.5. The Kier molecular flexibility index (Phi) is 8.37. The molecule has 1 saturated heterocycles. The summed E-state index contributed by atoms with van der Waals surface area (Å²) in [6, 6.07) is 17.7. The molecule has 10 heteroatoms. The van der Waals surface area contributed by atoms with Gasteiger partial charge in [0.05, 0.1) is 30.1 Å². The van der Waals surface area contributed by atoms with Crippen LogP contribution in [0.4, 0.5) is 32.3 Å². The first-order chi connectivity index (χ1) is 17.9. The van der Waals surface area contributed by atoms with Gasteiger partial charge in [-0.25, -0.2) is 9.59 Å². The minimum absolute atomic E-state index is 0.212. The third-order valence-electron chi connectivity index (χ3n) is 6.16. The van der Waals surface area contributed by atoms with Crippen LogP contribution >= 0.6 is 11.6 Å². The van der Waals surface area contributed by atoms with Gasteiger partial charge in [0.2, 0.25) is 0 Å². The first-order valence-corrected chi connectivity index (χ1v) is 12.3. The number of aliphatic hydroxyl groups excluding tert-OH is 1. The summed E-state index contributed by atoms with van der Waals surface area (Å²) in [6.45, 7) is 4.11. The molecular formula is C27H30ClN5O4. The summed E-state index contributed by atoms with van der Waals surface area (Å²) in [7, 11) is 1.56. The first kappa shape index (κ1) is 26.1. The van der Waals surface area contributed by atoms with E-state index in [2.05, 4.69) is 20.9 Å². The molecule has 0 aromatic heterocycles. The van der Waals surface area contributed by atoms with E-state index in [0.29, 0.717) is 59.6 Å². The summed E-state index contributed by atoms with van der Waals surface area (Å²) in [5.74, 6) is 0.588. The van der Waals surface area contributed by atoms with E-state index in [1.807, 2.05) is 49.4 Å². The molecule has 0 aliphatic carbocycles.